The third-order valence-electron chi connectivity index (χ3n) is 3.45. The maximum absolute atomic E-state index is 11.4. The van der Waals surface area contributed by atoms with Crippen LogP contribution in [-0.4, -0.2) is 10.9 Å². The monoisotopic (exact) mass is 386 g/mol. The number of nitrogens with one attached hydrogen (secondary N) is 1. The zero-order valence-corrected chi connectivity index (χ0v) is 14.9. The second-order valence-electron chi connectivity index (χ2n) is 5.01. The molecule has 23 heavy (non-hydrogen) atoms. The zero-order valence-electron chi connectivity index (χ0n) is 12.5. The highest BCUT2D eigenvalue weighted by Crippen LogP contribution is 2.33. The second-order valence-corrected chi connectivity index (χ2v) is 6.76. The first kappa shape index (κ1) is 15.9. The van der Waals surface area contributed by atoms with Crippen LogP contribution in [0.5, 0.6) is 0 Å². The summed E-state index contributed by atoms with van der Waals surface area (Å²) >= 11 is 5.24. The number of amides is 1. The average molecular weight is 387 g/mol. The van der Waals surface area contributed by atoms with E-state index >= 15 is 0 Å². The van der Waals surface area contributed by atoms with Crippen LogP contribution in [0, 0.1) is 0 Å². The molecule has 1 N–H and O–H groups in total. The summed E-state index contributed by atoms with van der Waals surface area (Å²) in [7, 11) is 0. The molecule has 1 amide bonds. The van der Waals surface area contributed by atoms with Crippen LogP contribution < -0.4 is 5.32 Å². The first-order valence-electron chi connectivity index (χ1n) is 7.27. The van der Waals surface area contributed by atoms with Crippen LogP contribution in [0.3, 0.4) is 0 Å². The van der Waals surface area contributed by atoms with Gasteiger partial charge in [-0.05, 0) is 35.4 Å². The summed E-state index contributed by atoms with van der Waals surface area (Å²) in [4.78, 5) is 15.8. The lowest BCUT2D eigenvalue weighted by Gasteiger charge is -2.09. The number of thiazole rings is 1. The third-order valence-corrected chi connectivity index (χ3v) is 4.96. The summed E-state index contributed by atoms with van der Waals surface area (Å²) in [5, 5.41) is 5.84. The summed E-state index contributed by atoms with van der Waals surface area (Å²) in [6.45, 7) is 1.84. The van der Waals surface area contributed by atoms with E-state index in [1.165, 1.54) is 0 Å². The van der Waals surface area contributed by atoms with Crippen LogP contribution in [0.2, 0.25) is 0 Å². The minimum Gasteiger partial charge on any atom is -0.326 e. The van der Waals surface area contributed by atoms with E-state index in [2.05, 4.69) is 38.4 Å². The van der Waals surface area contributed by atoms with Crippen LogP contribution in [0.4, 0.5) is 5.69 Å². The molecule has 0 bridgehead atoms. The molecule has 3 rings (SSSR count). The van der Waals surface area contributed by atoms with Crippen LogP contribution in [0.25, 0.3) is 21.7 Å². The lowest BCUT2D eigenvalue weighted by molar-refractivity contribution is -0.115. The number of rotatable bonds is 4. The highest BCUT2D eigenvalue weighted by Gasteiger charge is 2.08. The third kappa shape index (κ3) is 3.68. The SMILES string of the molecule is CCC(=O)Nc1ccc(-c2cc(-c3nccs3)ccc2Br)cc1. The Labute approximate surface area is 147 Å². The lowest BCUT2D eigenvalue weighted by atomic mass is 10.0. The van der Waals surface area contributed by atoms with E-state index < -0.39 is 0 Å². The van der Waals surface area contributed by atoms with Crippen molar-refractivity contribution in [3.8, 4) is 21.7 Å². The number of carbonyl (C=O) groups is 1. The van der Waals surface area contributed by atoms with Gasteiger partial charge in [0, 0.05) is 33.7 Å². The molecule has 0 saturated carbocycles. The molecule has 116 valence electrons. The number of hydrogen-bond donors (Lipinski definition) is 1. The molecular formula is C18H15BrN2OS. The van der Waals surface area contributed by atoms with Gasteiger partial charge in [-0.3, -0.25) is 4.79 Å². The Bertz CT molecular complexity index is 814. The summed E-state index contributed by atoms with van der Waals surface area (Å²) in [6.07, 6.45) is 2.29. The van der Waals surface area contributed by atoms with Crippen LogP contribution in [-0.2, 0) is 4.79 Å². The molecule has 0 spiro atoms. The molecule has 0 atom stereocenters. The minimum atomic E-state index is 0.0182. The number of anilines is 1. The standard InChI is InChI=1S/C18H15BrN2OS/c1-2-17(22)21-14-6-3-12(4-7-14)15-11-13(5-8-16(15)19)18-20-9-10-23-18/h3-11H,2H2,1H3,(H,21,22). The van der Waals surface area contributed by atoms with Gasteiger partial charge in [-0.25, -0.2) is 4.98 Å². The van der Waals surface area contributed by atoms with Gasteiger partial charge in [-0.15, -0.1) is 11.3 Å². The number of halogens is 1. The zero-order chi connectivity index (χ0) is 16.2. The highest BCUT2D eigenvalue weighted by molar-refractivity contribution is 9.10. The van der Waals surface area contributed by atoms with E-state index in [1.807, 2.05) is 48.8 Å². The minimum absolute atomic E-state index is 0.0182. The van der Waals surface area contributed by atoms with Gasteiger partial charge >= 0.3 is 0 Å². The smallest absolute Gasteiger partial charge is 0.224 e. The summed E-state index contributed by atoms with van der Waals surface area (Å²) < 4.78 is 1.03. The van der Waals surface area contributed by atoms with Gasteiger partial charge in [0.05, 0.1) is 0 Å². The quantitative estimate of drug-likeness (QED) is 0.634. The van der Waals surface area contributed by atoms with Crippen LogP contribution in [0.1, 0.15) is 13.3 Å². The van der Waals surface area contributed by atoms with E-state index in [1.54, 1.807) is 11.3 Å². The maximum Gasteiger partial charge on any atom is 0.224 e. The number of nitrogens with zero attached hydrogens (tertiary/aromatic N) is 1. The molecule has 0 radical (unpaired) electrons. The Kier molecular flexibility index (Phi) is 4.88. The Morgan fingerprint density at radius 2 is 1.91 bits per heavy atom. The van der Waals surface area contributed by atoms with Gasteiger partial charge < -0.3 is 5.32 Å². The molecule has 0 unspecified atom stereocenters. The van der Waals surface area contributed by atoms with Crippen molar-refractivity contribution in [3.63, 3.8) is 0 Å². The number of aromatic nitrogens is 1. The predicted octanol–water partition coefficient (Wildman–Crippen LogP) is 5.59. The molecule has 1 heterocycles. The Balaban J connectivity index is 1.92. The van der Waals surface area contributed by atoms with Gasteiger partial charge in [0.1, 0.15) is 5.01 Å². The van der Waals surface area contributed by atoms with Crippen molar-refractivity contribution in [1.82, 2.24) is 4.98 Å². The number of benzene rings is 2. The summed E-state index contributed by atoms with van der Waals surface area (Å²) in [5.74, 6) is 0.0182. The van der Waals surface area contributed by atoms with Gasteiger partial charge in [0.2, 0.25) is 5.91 Å². The molecular weight excluding hydrogens is 372 g/mol. The van der Waals surface area contributed by atoms with Gasteiger partial charge in [0.25, 0.3) is 0 Å². The fraction of sp³-hybridized carbons (Fsp3) is 0.111. The fourth-order valence-corrected chi connectivity index (χ4v) is 3.34. The van der Waals surface area contributed by atoms with Gasteiger partial charge in [0.15, 0.2) is 0 Å². The molecule has 0 aliphatic rings. The summed E-state index contributed by atoms with van der Waals surface area (Å²) in [6, 6.07) is 14.1. The van der Waals surface area contributed by atoms with E-state index in [0.717, 1.165) is 31.9 Å². The number of carbonyl (C=O) groups excluding carboxylic acids is 1. The van der Waals surface area contributed by atoms with Crippen molar-refractivity contribution in [3.05, 3.63) is 58.5 Å². The molecule has 0 aliphatic heterocycles. The van der Waals surface area contributed by atoms with Crippen LogP contribution >= 0.6 is 27.3 Å². The predicted molar refractivity (Wildman–Crippen MR) is 99.6 cm³/mol. The Morgan fingerprint density at radius 1 is 1.17 bits per heavy atom. The fourth-order valence-electron chi connectivity index (χ4n) is 2.23. The molecule has 1 aromatic heterocycles. The molecule has 3 nitrogen and oxygen atoms in total. The van der Waals surface area contributed by atoms with Crippen molar-refractivity contribution in [2.24, 2.45) is 0 Å². The molecule has 3 aromatic rings. The molecule has 5 heteroatoms. The van der Waals surface area contributed by atoms with Gasteiger partial charge in [-0.1, -0.05) is 41.1 Å². The van der Waals surface area contributed by atoms with Crippen molar-refractivity contribution in [2.45, 2.75) is 13.3 Å². The van der Waals surface area contributed by atoms with E-state index in [0.29, 0.717) is 6.42 Å². The molecule has 0 saturated heterocycles. The molecule has 0 fully saturated rings. The Morgan fingerprint density at radius 3 is 2.57 bits per heavy atom. The van der Waals surface area contributed by atoms with E-state index in [9.17, 15) is 4.79 Å². The molecule has 0 aliphatic carbocycles. The van der Waals surface area contributed by atoms with E-state index in [4.69, 9.17) is 0 Å². The first-order valence-corrected chi connectivity index (χ1v) is 8.94. The van der Waals surface area contributed by atoms with Crippen molar-refractivity contribution >= 4 is 38.9 Å². The topological polar surface area (TPSA) is 42.0 Å². The van der Waals surface area contributed by atoms with E-state index in [-0.39, 0.29) is 5.91 Å². The first-order chi connectivity index (χ1) is 11.2. The van der Waals surface area contributed by atoms with Crippen molar-refractivity contribution in [1.29, 1.82) is 0 Å². The lowest BCUT2D eigenvalue weighted by Crippen LogP contribution is -2.08. The largest absolute Gasteiger partial charge is 0.326 e. The van der Waals surface area contributed by atoms with Crippen molar-refractivity contribution in [2.75, 3.05) is 5.32 Å². The van der Waals surface area contributed by atoms with Crippen LogP contribution in [0.15, 0.2) is 58.5 Å². The van der Waals surface area contributed by atoms with Crippen molar-refractivity contribution < 1.29 is 4.79 Å². The van der Waals surface area contributed by atoms with Gasteiger partial charge in [-0.2, -0.15) is 0 Å². The number of hydrogen-bond acceptors (Lipinski definition) is 3. The highest BCUT2D eigenvalue weighted by atomic mass is 79.9. The average Bonchev–Trinajstić information content (AvgIpc) is 3.10. The Hall–Kier alpha value is -1.98. The maximum atomic E-state index is 11.4. The molecule has 2 aromatic carbocycles. The normalized spacial score (nSPS) is 10.5. The summed E-state index contributed by atoms with van der Waals surface area (Å²) in [5.41, 5.74) is 4.10. The second kappa shape index (κ2) is 7.06.